The number of hydrogen-bond donors (Lipinski definition) is 2. The lowest BCUT2D eigenvalue weighted by molar-refractivity contribution is 0.341. The van der Waals surface area contributed by atoms with Crippen LogP contribution in [0.2, 0.25) is 0 Å². The van der Waals surface area contributed by atoms with Crippen LogP contribution in [0.1, 0.15) is 44.3 Å². The van der Waals surface area contributed by atoms with Gasteiger partial charge < -0.3 is 0 Å². The smallest absolute Gasteiger partial charge is 0.0708 e. The van der Waals surface area contributed by atoms with E-state index < -0.39 is 0 Å². The molecule has 2 rings (SSSR count). The molecule has 3 atom stereocenters. The van der Waals surface area contributed by atoms with Gasteiger partial charge in [-0.25, -0.2) is 0 Å². The van der Waals surface area contributed by atoms with Crippen LogP contribution in [0.5, 0.6) is 0 Å². The molecule has 1 aliphatic carbocycles. The number of rotatable bonds is 4. The van der Waals surface area contributed by atoms with E-state index in [0.717, 1.165) is 16.1 Å². The van der Waals surface area contributed by atoms with Crippen molar-refractivity contribution in [1.82, 2.24) is 15.2 Å². The van der Waals surface area contributed by atoms with Gasteiger partial charge in [-0.05, 0) is 40.6 Å². The van der Waals surface area contributed by atoms with Crippen molar-refractivity contribution in [3.63, 3.8) is 0 Å². The Morgan fingerprint density at radius 3 is 2.88 bits per heavy atom. The van der Waals surface area contributed by atoms with Gasteiger partial charge in [0.25, 0.3) is 0 Å². The van der Waals surface area contributed by atoms with Crippen molar-refractivity contribution in [2.45, 2.75) is 38.6 Å². The van der Waals surface area contributed by atoms with Crippen molar-refractivity contribution < 1.29 is 0 Å². The number of nitrogens with one attached hydrogen (secondary N) is 1. The van der Waals surface area contributed by atoms with Crippen LogP contribution in [0.3, 0.4) is 0 Å². The van der Waals surface area contributed by atoms with Gasteiger partial charge in [-0.3, -0.25) is 16.0 Å². The van der Waals surface area contributed by atoms with Gasteiger partial charge in [0.15, 0.2) is 0 Å². The Bertz CT molecular complexity index is 357. The lowest BCUT2D eigenvalue weighted by Gasteiger charge is -2.23. The van der Waals surface area contributed by atoms with Crippen LogP contribution in [0.25, 0.3) is 0 Å². The van der Waals surface area contributed by atoms with Crippen molar-refractivity contribution in [2.24, 2.45) is 24.7 Å². The highest BCUT2D eigenvalue weighted by Gasteiger charge is 2.32. The van der Waals surface area contributed by atoms with Gasteiger partial charge in [-0.15, -0.1) is 0 Å². The summed E-state index contributed by atoms with van der Waals surface area (Å²) >= 11 is 3.56. The maximum absolute atomic E-state index is 5.76. The molecule has 0 spiro atoms. The van der Waals surface area contributed by atoms with E-state index in [-0.39, 0.29) is 6.04 Å². The summed E-state index contributed by atoms with van der Waals surface area (Å²) in [4.78, 5) is 0. The summed E-state index contributed by atoms with van der Waals surface area (Å²) in [5.74, 6) is 7.24. The number of hydrogen-bond acceptors (Lipinski definition) is 3. The maximum atomic E-state index is 5.76. The molecule has 0 amide bonds. The molecule has 5 heteroatoms. The van der Waals surface area contributed by atoms with E-state index in [1.54, 1.807) is 0 Å². The normalized spacial score (nSPS) is 26.4. The van der Waals surface area contributed by atoms with Crippen LogP contribution in [-0.2, 0) is 7.05 Å². The fraction of sp³-hybridized carbons (Fsp3) is 0.750. The molecule has 1 aromatic rings. The Morgan fingerprint density at radius 2 is 2.41 bits per heavy atom. The van der Waals surface area contributed by atoms with Gasteiger partial charge in [0, 0.05) is 7.05 Å². The summed E-state index contributed by atoms with van der Waals surface area (Å²) in [5.41, 5.74) is 4.14. The number of aromatic nitrogens is 2. The molecule has 0 bridgehead atoms. The van der Waals surface area contributed by atoms with Gasteiger partial charge >= 0.3 is 0 Å². The SMILES string of the molecule is CCC1CCC(C(NN)c2c(Br)cnn2C)C1. The van der Waals surface area contributed by atoms with Crippen molar-refractivity contribution in [2.75, 3.05) is 0 Å². The van der Waals surface area contributed by atoms with Crippen LogP contribution < -0.4 is 11.3 Å². The molecule has 1 aliphatic rings. The lowest BCUT2D eigenvalue weighted by Crippen LogP contribution is -2.34. The molecule has 1 aromatic heterocycles. The van der Waals surface area contributed by atoms with Gasteiger partial charge in [-0.2, -0.15) is 5.10 Å². The van der Waals surface area contributed by atoms with Gasteiger partial charge in [0.05, 0.1) is 22.4 Å². The second-order valence-corrected chi connectivity index (χ2v) is 5.85. The molecule has 96 valence electrons. The molecule has 0 radical (unpaired) electrons. The summed E-state index contributed by atoms with van der Waals surface area (Å²) in [7, 11) is 1.97. The largest absolute Gasteiger partial charge is 0.271 e. The summed E-state index contributed by atoms with van der Waals surface area (Å²) in [6.07, 6.45) is 6.97. The standard InChI is InChI=1S/C12H21BrN4/c1-3-8-4-5-9(6-8)11(16-14)12-10(13)7-15-17(12)2/h7-9,11,16H,3-6,14H2,1-2H3. The fourth-order valence-corrected chi connectivity index (χ4v) is 3.59. The number of halogens is 1. The molecular formula is C12H21BrN4. The molecule has 4 nitrogen and oxygen atoms in total. The van der Waals surface area contributed by atoms with Crippen molar-refractivity contribution >= 4 is 15.9 Å². The second-order valence-electron chi connectivity index (χ2n) is 4.99. The zero-order valence-electron chi connectivity index (χ0n) is 10.5. The highest BCUT2D eigenvalue weighted by molar-refractivity contribution is 9.10. The highest BCUT2D eigenvalue weighted by atomic mass is 79.9. The zero-order chi connectivity index (χ0) is 12.4. The average molecular weight is 301 g/mol. The maximum Gasteiger partial charge on any atom is 0.0708 e. The number of nitrogens with two attached hydrogens (primary N) is 1. The molecule has 1 saturated carbocycles. The third-order valence-corrected chi connectivity index (χ3v) is 4.65. The molecule has 0 aliphatic heterocycles. The van der Waals surface area contributed by atoms with E-state index in [0.29, 0.717) is 5.92 Å². The number of hydrazine groups is 1. The highest BCUT2D eigenvalue weighted by Crippen LogP contribution is 2.41. The van der Waals surface area contributed by atoms with Gasteiger partial charge in [-0.1, -0.05) is 19.8 Å². The van der Waals surface area contributed by atoms with E-state index in [2.05, 4.69) is 33.4 Å². The topological polar surface area (TPSA) is 55.9 Å². The van der Waals surface area contributed by atoms with Crippen molar-refractivity contribution in [3.8, 4) is 0 Å². The van der Waals surface area contributed by atoms with E-state index in [1.165, 1.54) is 25.7 Å². The first-order valence-electron chi connectivity index (χ1n) is 6.30. The van der Waals surface area contributed by atoms with Crippen LogP contribution in [0.15, 0.2) is 10.7 Å². The second kappa shape index (κ2) is 5.50. The van der Waals surface area contributed by atoms with Gasteiger partial charge in [0.2, 0.25) is 0 Å². The number of aryl methyl sites for hydroxylation is 1. The molecule has 1 heterocycles. The zero-order valence-corrected chi connectivity index (χ0v) is 12.1. The van der Waals surface area contributed by atoms with E-state index >= 15 is 0 Å². The minimum atomic E-state index is 0.202. The molecule has 17 heavy (non-hydrogen) atoms. The molecule has 3 N–H and O–H groups in total. The quantitative estimate of drug-likeness (QED) is 0.663. The Hall–Kier alpha value is -0.390. The fourth-order valence-electron chi connectivity index (χ4n) is 3.00. The first kappa shape index (κ1) is 13.1. The Balaban J connectivity index is 2.17. The van der Waals surface area contributed by atoms with Crippen molar-refractivity contribution in [1.29, 1.82) is 0 Å². The number of nitrogens with zero attached hydrogens (tertiary/aromatic N) is 2. The third-order valence-electron chi connectivity index (χ3n) is 4.04. The average Bonchev–Trinajstić information content (AvgIpc) is 2.91. The summed E-state index contributed by atoms with van der Waals surface area (Å²) in [5, 5.41) is 4.27. The summed E-state index contributed by atoms with van der Waals surface area (Å²) in [6.45, 7) is 2.28. The minimum Gasteiger partial charge on any atom is -0.271 e. The van der Waals surface area contributed by atoms with Crippen molar-refractivity contribution in [3.05, 3.63) is 16.4 Å². The summed E-state index contributed by atoms with van der Waals surface area (Å²) < 4.78 is 2.95. The van der Waals surface area contributed by atoms with E-state index in [9.17, 15) is 0 Å². The Labute approximate surface area is 111 Å². The third kappa shape index (κ3) is 2.56. The van der Waals surface area contributed by atoms with Gasteiger partial charge in [0.1, 0.15) is 0 Å². The first-order valence-corrected chi connectivity index (χ1v) is 7.10. The minimum absolute atomic E-state index is 0.202. The van der Waals surface area contributed by atoms with E-state index in [4.69, 9.17) is 5.84 Å². The summed E-state index contributed by atoms with van der Waals surface area (Å²) in [6, 6.07) is 0.202. The monoisotopic (exact) mass is 300 g/mol. The van der Waals surface area contributed by atoms with Crippen LogP contribution in [0, 0.1) is 11.8 Å². The predicted molar refractivity (Wildman–Crippen MR) is 72.1 cm³/mol. The van der Waals surface area contributed by atoms with Crippen LogP contribution >= 0.6 is 15.9 Å². The molecule has 3 unspecified atom stereocenters. The van der Waals surface area contributed by atoms with E-state index in [1.807, 2.05) is 17.9 Å². The lowest BCUT2D eigenvalue weighted by atomic mass is 9.94. The first-order chi connectivity index (χ1) is 8.17. The molecule has 0 saturated heterocycles. The molecular weight excluding hydrogens is 280 g/mol. The van der Waals surface area contributed by atoms with Crippen LogP contribution in [0.4, 0.5) is 0 Å². The predicted octanol–water partition coefficient (Wildman–Crippen LogP) is 2.51. The Morgan fingerprint density at radius 1 is 1.65 bits per heavy atom. The molecule has 0 aromatic carbocycles. The Kier molecular flexibility index (Phi) is 4.22. The molecule has 1 fully saturated rings. The van der Waals surface area contributed by atoms with Crippen LogP contribution in [-0.4, -0.2) is 9.78 Å².